The van der Waals surface area contributed by atoms with Crippen LogP contribution >= 0.6 is 11.8 Å². The molecule has 1 aromatic carbocycles. The molecule has 90 valence electrons. The van der Waals surface area contributed by atoms with Crippen molar-refractivity contribution in [2.75, 3.05) is 18.6 Å². The second kappa shape index (κ2) is 7.58. The number of hydrogen-bond donors (Lipinski definition) is 1. The molecule has 0 saturated heterocycles. The molecule has 0 aliphatic heterocycles. The zero-order valence-corrected chi connectivity index (χ0v) is 11.1. The maximum absolute atomic E-state index is 5.75. The highest BCUT2D eigenvalue weighted by Crippen LogP contribution is 2.18. The lowest BCUT2D eigenvalue weighted by atomic mass is 10.2. The zero-order valence-electron chi connectivity index (χ0n) is 10.3. The van der Waals surface area contributed by atoms with E-state index in [1.54, 1.807) is 11.8 Å². The van der Waals surface area contributed by atoms with Crippen molar-refractivity contribution in [3.8, 4) is 5.75 Å². The minimum Gasteiger partial charge on any atom is -0.492 e. The average Bonchev–Trinajstić information content (AvgIpc) is 2.28. The molecule has 1 N–H and O–H groups in total. The highest BCUT2D eigenvalue weighted by Gasteiger charge is 2.03. The van der Waals surface area contributed by atoms with Gasteiger partial charge in [0.2, 0.25) is 0 Å². The predicted molar refractivity (Wildman–Crippen MR) is 72.3 cm³/mol. The molecular weight excluding hydrogens is 218 g/mol. The van der Waals surface area contributed by atoms with Crippen LogP contribution in [0.2, 0.25) is 0 Å². The van der Waals surface area contributed by atoms with Gasteiger partial charge in [-0.3, -0.25) is 0 Å². The third kappa shape index (κ3) is 4.90. The fourth-order valence-electron chi connectivity index (χ4n) is 1.34. The molecule has 0 bridgehead atoms. The molecule has 0 spiro atoms. The number of para-hydroxylation sites is 1. The Balaban J connectivity index is 2.53. The van der Waals surface area contributed by atoms with Gasteiger partial charge in [-0.2, -0.15) is 11.8 Å². The van der Waals surface area contributed by atoms with Crippen LogP contribution in [0, 0.1) is 0 Å². The second-order valence-electron chi connectivity index (χ2n) is 3.98. The average molecular weight is 239 g/mol. The largest absolute Gasteiger partial charge is 0.492 e. The maximum atomic E-state index is 5.75. The van der Waals surface area contributed by atoms with E-state index >= 15 is 0 Å². The molecule has 0 saturated carbocycles. The monoisotopic (exact) mass is 239 g/mol. The van der Waals surface area contributed by atoms with Crippen LogP contribution in [-0.2, 0) is 6.54 Å². The van der Waals surface area contributed by atoms with Crippen LogP contribution in [0.5, 0.6) is 5.75 Å². The molecule has 0 unspecified atom stereocenters. The van der Waals surface area contributed by atoms with E-state index < -0.39 is 0 Å². The number of rotatable bonds is 7. The quantitative estimate of drug-likeness (QED) is 0.739. The third-order valence-electron chi connectivity index (χ3n) is 2.22. The van der Waals surface area contributed by atoms with Crippen molar-refractivity contribution in [2.45, 2.75) is 26.4 Å². The predicted octanol–water partition coefficient (Wildman–Crippen LogP) is 2.93. The van der Waals surface area contributed by atoms with Crippen LogP contribution in [0.15, 0.2) is 24.3 Å². The number of hydrogen-bond acceptors (Lipinski definition) is 3. The highest BCUT2D eigenvalue weighted by atomic mass is 32.2. The van der Waals surface area contributed by atoms with E-state index in [2.05, 4.69) is 37.6 Å². The van der Waals surface area contributed by atoms with E-state index in [4.69, 9.17) is 4.74 Å². The van der Waals surface area contributed by atoms with E-state index in [0.717, 1.165) is 24.7 Å². The first-order valence-corrected chi connectivity index (χ1v) is 7.06. The molecule has 3 heteroatoms. The molecule has 1 rings (SSSR count). The Bertz CT molecular complexity index is 302. The topological polar surface area (TPSA) is 21.3 Å². The number of thioether (sulfide) groups is 1. The van der Waals surface area contributed by atoms with Crippen LogP contribution in [0.25, 0.3) is 0 Å². The molecule has 0 heterocycles. The second-order valence-corrected chi connectivity index (χ2v) is 4.97. The number of benzene rings is 1. The van der Waals surface area contributed by atoms with Crippen molar-refractivity contribution in [3.63, 3.8) is 0 Å². The zero-order chi connectivity index (χ0) is 11.8. The van der Waals surface area contributed by atoms with Crippen molar-refractivity contribution in [3.05, 3.63) is 29.8 Å². The lowest BCUT2D eigenvalue weighted by Gasteiger charge is -2.13. The smallest absolute Gasteiger partial charge is 0.123 e. The lowest BCUT2D eigenvalue weighted by molar-refractivity contribution is 0.338. The summed E-state index contributed by atoms with van der Waals surface area (Å²) in [5.41, 5.74) is 1.23. The van der Waals surface area contributed by atoms with E-state index in [9.17, 15) is 0 Å². The summed E-state index contributed by atoms with van der Waals surface area (Å²) in [5.74, 6) is 2.04. The molecule has 1 aromatic rings. The summed E-state index contributed by atoms with van der Waals surface area (Å²) in [7, 11) is 0. The number of nitrogens with one attached hydrogen (secondary N) is 1. The first-order chi connectivity index (χ1) is 7.74. The Morgan fingerprint density at radius 3 is 2.75 bits per heavy atom. The standard InChI is InChI=1S/C13H21NOS/c1-11(2)14-10-12-6-4-5-7-13(12)15-8-9-16-3/h4-7,11,14H,8-10H2,1-3H3. The lowest BCUT2D eigenvalue weighted by Crippen LogP contribution is -2.22. The molecule has 0 aromatic heterocycles. The summed E-state index contributed by atoms with van der Waals surface area (Å²) in [6.45, 7) is 5.95. The maximum Gasteiger partial charge on any atom is 0.123 e. The Morgan fingerprint density at radius 1 is 1.31 bits per heavy atom. The van der Waals surface area contributed by atoms with Crippen molar-refractivity contribution >= 4 is 11.8 Å². The highest BCUT2D eigenvalue weighted by molar-refractivity contribution is 7.98. The van der Waals surface area contributed by atoms with Crippen molar-refractivity contribution in [1.82, 2.24) is 5.32 Å². The van der Waals surface area contributed by atoms with E-state index in [1.807, 2.05) is 12.1 Å². The minimum absolute atomic E-state index is 0.499. The molecule has 0 fully saturated rings. The number of ether oxygens (including phenoxy) is 1. The van der Waals surface area contributed by atoms with Crippen LogP contribution in [0.4, 0.5) is 0 Å². The molecule has 0 aliphatic carbocycles. The van der Waals surface area contributed by atoms with E-state index in [1.165, 1.54) is 5.56 Å². The SMILES string of the molecule is CSCCOc1ccccc1CNC(C)C. The summed E-state index contributed by atoms with van der Waals surface area (Å²) in [6.07, 6.45) is 2.09. The fourth-order valence-corrected chi connectivity index (χ4v) is 1.59. The van der Waals surface area contributed by atoms with Gasteiger partial charge < -0.3 is 10.1 Å². The minimum atomic E-state index is 0.499. The third-order valence-corrected chi connectivity index (χ3v) is 2.79. The van der Waals surface area contributed by atoms with Gasteiger partial charge in [0.1, 0.15) is 5.75 Å². The summed E-state index contributed by atoms with van der Waals surface area (Å²) in [4.78, 5) is 0. The molecule has 0 aliphatic rings. The molecule has 0 amide bonds. The summed E-state index contributed by atoms with van der Waals surface area (Å²) < 4.78 is 5.75. The van der Waals surface area contributed by atoms with E-state index in [0.29, 0.717) is 6.04 Å². The first-order valence-electron chi connectivity index (χ1n) is 5.67. The van der Waals surface area contributed by atoms with Gasteiger partial charge in [-0.05, 0) is 12.3 Å². The van der Waals surface area contributed by atoms with Gasteiger partial charge in [-0.15, -0.1) is 0 Å². The van der Waals surface area contributed by atoms with Gasteiger partial charge in [0.05, 0.1) is 6.61 Å². The van der Waals surface area contributed by atoms with Gasteiger partial charge in [0.25, 0.3) is 0 Å². The summed E-state index contributed by atoms with van der Waals surface area (Å²) in [5, 5.41) is 3.41. The fraction of sp³-hybridized carbons (Fsp3) is 0.538. The van der Waals surface area contributed by atoms with E-state index in [-0.39, 0.29) is 0 Å². The summed E-state index contributed by atoms with van der Waals surface area (Å²) in [6, 6.07) is 8.73. The molecule has 0 radical (unpaired) electrons. The molecular formula is C13H21NOS. The van der Waals surface area contributed by atoms with Crippen LogP contribution in [0.3, 0.4) is 0 Å². The first kappa shape index (κ1) is 13.4. The van der Waals surface area contributed by atoms with Crippen LogP contribution in [-0.4, -0.2) is 24.7 Å². The molecule has 0 atom stereocenters. The molecule has 16 heavy (non-hydrogen) atoms. The Kier molecular flexibility index (Phi) is 6.34. The Morgan fingerprint density at radius 2 is 2.06 bits per heavy atom. The Hall–Kier alpha value is -0.670. The van der Waals surface area contributed by atoms with Gasteiger partial charge in [-0.25, -0.2) is 0 Å². The normalized spacial score (nSPS) is 10.8. The van der Waals surface area contributed by atoms with Crippen LogP contribution in [0.1, 0.15) is 19.4 Å². The van der Waals surface area contributed by atoms with Gasteiger partial charge in [0, 0.05) is 23.9 Å². The Labute approximate surface area is 103 Å². The van der Waals surface area contributed by atoms with Gasteiger partial charge >= 0.3 is 0 Å². The van der Waals surface area contributed by atoms with Gasteiger partial charge in [0.15, 0.2) is 0 Å². The van der Waals surface area contributed by atoms with Crippen LogP contribution < -0.4 is 10.1 Å². The summed E-state index contributed by atoms with van der Waals surface area (Å²) >= 11 is 1.80. The van der Waals surface area contributed by atoms with Crippen molar-refractivity contribution < 1.29 is 4.74 Å². The van der Waals surface area contributed by atoms with Crippen molar-refractivity contribution in [1.29, 1.82) is 0 Å². The van der Waals surface area contributed by atoms with Gasteiger partial charge in [-0.1, -0.05) is 32.0 Å². The van der Waals surface area contributed by atoms with Crippen molar-refractivity contribution in [2.24, 2.45) is 0 Å². The molecule has 2 nitrogen and oxygen atoms in total.